The third-order valence-electron chi connectivity index (χ3n) is 11.4. The third-order valence-corrected chi connectivity index (χ3v) is 11.4. The van der Waals surface area contributed by atoms with Crippen molar-refractivity contribution in [3.63, 3.8) is 0 Å². The lowest BCUT2D eigenvalue weighted by molar-refractivity contribution is 0.657. The fourth-order valence-corrected chi connectivity index (χ4v) is 9.10. The molecule has 0 radical (unpaired) electrons. The van der Waals surface area contributed by atoms with E-state index in [0.29, 0.717) is 0 Å². The maximum atomic E-state index is 2.55. The topological polar surface area (TPSA) is 3.24 Å². The van der Waals surface area contributed by atoms with Crippen LogP contribution in [0.15, 0.2) is 127 Å². The number of fused-ring (bicyclic) bond motifs is 9. The summed E-state index contributed by atoms with van der Waals surface area (Å²) in [4.78, 5) is 2.55. The van der Waals surface area contributed by atoms with Gasteiger partial charge in [0.25, 0.3) is 0 Å². The molecule has 0 amide bonds. The SMILES string of the molecule is CC1(C)c2ccccc2-c2ccc(N(c3ccc4c(c3)C(C)(C)c3ccccc3-4)c3cccc4c3C(C)(C)c3ccccc3-4)cc21. The van der Waals surface area contributed by atoms with Crippen LogP contribution in [0.3, 0.4) is 0 Å². The molecule has 46 heavy (non-hydrogen) atoms. The van der Waals surface area contributed by atoms with E-state index in [1.807, 2.05) is 0 Å². The first-order valence-electron chi connectivity index (χ1n) is 16.6. The van der Waals surface area contributed by atoms with E-state index in [2.05, 4.69) is 174 Å². The van der Waals surface area contributed by atoms with Crippen molar-refractivity contribution in [2.45, 2.75) is 57.8 Å². The standard InChI is InChI=1S/C45H39N/c1-43(2)36-18-10-7-14-30(36)33-24-22-28(26-39(33)43)46(29-23-25-34-31-15-8-11-19-37(31)44(3,4)40(34)27-29)41-21-13-17-35-32-16-9-12-20-38(32)45(5,6)42(35)41/h7-27H,1-6H3. The van der Waals surface area contributed by atoms with Crippen molar-refractivity contribution < 1.29 is 0 Å². The highest BCUT2D eigenvalue weighted by Crippen LogP contribution is 2.57. The Hall–Kier alpha value is -4.88. The molecule has 1 nitrogen and oxygen atoms in total. The van der Waals surface area contributed by atoms with Crippen LogP contribution in [-0.2, 0) is 16.2 Å². The van der Waals surface area contributed by atoms with E-state index in [1.54, 1.807) is 0 Å². The van der Waals surface area contributed by atoms with E-state index >= 15 is 0 Å². The van der Waals surface area contributed by atoms with Gasteiger partial charge in [0.2, 0.25) is 0 Å². The summed E-state index contributed by atoms with van der Waals surface area (Å²) in [7, 11) is 0. The van der Waals surface area contributed by atoms with E-state index in [-0.39, 0.29) is 16.2 Å². The number of benzene rings is 6. The first-order valence-corrected chi connectivity index (χ1v) is 16.6. The third kappa shape index (κ3) is 3.46. The molecule has 0 fully saturated rings. The van der Waals surface area contributed by atoms with Crippen LogP contribution < -0.4 is 4.90 Å². The summed E-state index contributed by atoms with van der Waals surface area (Å²) in [5, 5.41) is 0. The highest BCUT2D eigenvalue weighted by molar-refractivity contribution is 5.93. The molecular formula is C45H39N. The molecule has 0 aliphatic heterocycles. The van der Waals surface area contributed by atoms with Crippen molar-refractivity contribution >= 4 is 17.1 Å². The van der Waals surface area contributed by atoms with E-state index < -0.39 is 0 Å². The van der Waals surface area contributed by atoms with Crippen LogP contribution in [0.5, 0.6) is 0 Å². The van der Waals surface area contributed by atoms with Crippen molar-refractivity contribution in [3.05, 3.63) is 161 Å². The lowest BCUT2D eigenvalue weighted by Crippen LogP contribution is -2.22. The summed E-state index contributed by atoms with van der Waals surface area (Å²) in [5.41, 5.74) is 19.8. The quantitative estimate of drug-likeness (QED) is 0.197. The van der Waals surface area contributed by atoms with Crippen LogP contribution in [0, 0.1) is 0 Å². The molecule has 0 aromatic heterocycles. The first kappa shape index (κ1) is 27.4. The number of rotatable bonds is 3. The Labute approximate surface area is 273 Å². The fourth-order valence-electron chi connectivity index (χ4n) is 9.10. The Morgan fingerprint density at radius 2 is 0.739 bits per heavy atom. The normalized spacial score (nSPS) is 16.6. The molecular weight excluding hydrogens is 555 g/mol. The maximum Gasteiger partial charge on any atom is 0.0508 e. The Morgan fingerprint density at radius 3 is 1.24 bits per heavy atom. The van der Waals surface area contributed by atoms with Gasteiger partial charge in [-0.25, -0.2) is 0 Å². The van der Waals surface area contributed by atoms with E-state index in [0.717, 1.165) is 0 Å². The Balaban J connectivity index is 1.30. The van der Waals surface area contributed by atoms with Crippen molar-refractivity contribution in [2.24, 2.45) is 0 Å². The predicted molar refractivity (Wildman–Crippen MR) is 194 cm³/mol. The van der Waals surface area contributed by atoms with E-state index in [4.69, 9.17) is 0 Å². The van der Waals surface area contributed by atoms with Gasteiger partial charge >= 0.3 is 0 Å². The molecule has 0 saturated heterocycles. The molecule has 1 heteroatoms. The fraction of sp³-hybridized carbons (Fsp3) is 0.200. The zero-order valence-corrected chi connectivity index (χ0v) is 27.6. The highest BCUT2D eigenvalue weighted by Gasteiger charge is 2.41. The van der Waals surface area contributed by atoms with Crippen LogP contribution >= 0.6 is 0 Å². The largest absolute Gasteiger partial charge is 0.310 e. The molecule has 0 atom stereocenters. The van der Waals surface area contributed by atoms with Gasteiger partial charge in [-0.05, 0) is 97.1 Å². The minimum atomic E-state index is -0.140. The zero-order valence-electron chi connectivity index (χ0n) is 27.6. The van der Waals surface area contributed by atoms with Gasteiger partial charge in [-0.1, -0.05) is 139 Å². The van der Waals surface area contributed by atoms with Crippen molar-refractivity contribution in [3.8, 4) is 33.4 Å². The Bertz CT molecular complexity index is 2140. The van der Waals surface area contributed by atoms with Crippen molar-refractivity contribution in [2.75, 3.05) is 4.90 Å². The molecule has 6 aromatic carbocycles. The zero-order chi connectivity index (χ0) is 31.6. The molecule has 224 valence electrons. The Morgan fingerprint density at radius 1 is 0.348 bits per heavy atom. The van der Waals surface area contributed by atoms with Gasteiger partial charge in [0.05, 0.1) is 5.69 Å². The minimum Gasteiger partial charge on any atom is -0.310 e. The van der Waals surface area contributed by atoms with Gasteiger partial charge in [-0.3, -0.25) is 0 Å². The number of nitrogens with zero attached hydrogens (tertiary/aromatic N) is 1. The molecule has 0 N–H and O–H groups in total. The number of hydrogen-bond acceptors (Lipinski definition) is 1. The van der Waals surface area contributed by atoms with Crippen LogP contribution in [0.1, 0.15) is 74.9 Å². The second-order valence-corrected chi connectivity index (χ2v) is 15.0. The Kier molecular flexibility index (Phi) is 5.43. The summed E-state index contributed by atoms with van der Waals surface area (Å²) in [6.45, 7) is 14.3. The monoisotopic (exact) mass is 593 g/mol. The van der Waals surface area contributed by atoms with Gasteiger partial charge in [0.15, 0.2) is 0 Å². The molecule has 0 heterocycles. The summed E-state index contributed by atoms with van der Waals surface area (Å²) in [6, 6.07) is 48.1. The molecule has 0 unspecified atom stereocenters. The second-order valence-electron chi connectivity index (χ2n) is 15.0. The van der Waals surface area contributed by atoms with Crippen LogP contribution in [0.2, 0.25) is 0 Å². The molecule has 3 aliphatic carbocycles. The van der Waals surface area contributed by atoms with Gasteiger partial charge in [0.1, 0.15) is 0 Å². The molecule has 6 aromatic rings. The first-order chi connectivity index (χ1) is 22.1. The molecule has 0 saturated carbocycles. The summed E-state index contributed by atoms with van der Waals surface area (Å²) in [6.07, 6.45) is 0. The number of anilines is 3. The molecule has 9 rings (SSSR count). The van der Waals surface area contributed by atoms with Crippen molar-refractivity contribution in [1.82, 2.24) is 0 Å². The van der Waals surface area contributed by atoms with E-state index in [9.17, 15) is 0 Å². The molecule has 0 spiro atoms. The van der Waals surface area contributed by atoms with Gasteiger partial charge in [0, 0.05) is 27.6 Å². The van der Waals surface area contributed by atoms with Gasteiger partial charge < -0.3 is 4.90 Å². The van der Waals surface area contributed by atoms with Crippen molar-refractivity contribution in [1.29, 1.82) is 0 Å². The summed E-state index contributed by atoms with van der Waals surface area (Å²) in [5.74, 6) is 0. The number of hydrogen-bond donors (Lipinski definition) is 0. The maximum absolute atomic E-state index is 2.55. The van der Waals surface area contributed by atoms with Gasteiger partial charge in [-0.2, -0.15) is 0 Å². The average Bonchev–Trinajstić information content (AvgIpc) is 3.55. The van der Waals surface area contributed by atoms with Gasteiger partial charge in [-0.15, -0.1) is 0 Å². The van der Waals surface area contributed by atoms with Crippen LogP contribution in [0.4, 0.5) is 17.1 Å². The van der Waals surface area contributed by atoms with Crippen LogP contribution in [-0.4, -0.2) is 0 Å². The average molecular weight is 594 g/mol. The lowest BCUT2D eigenvalue weighted by atomic mass is 9.80. The summed E-state index contributed by atoms with van der Waals surface area (Å²) >= 11 is 0. The van der Waals surface area contributed by atoms with E-state index in [1.165, 1.54) is 83.8 Å². The minimum absolute atomic E-state index is 0.0800. The molecule has 3 aliphatic rings. The summed E-state index contributed by atoms with van der Waals surface area (Å²) < 4.78 is 0. The van der Waals surface area contributed by atoms with Crippen LogP contribution in [0.25, 0.3) is 33.4 Å². The highest BCUT2D eigenvalue weighted by atomic mass is 15.1. The lowest BCUT2D eigenvalue weighted by Gasteiger charge is -2.34. The molecule has 0 bridgehead atoms. The second kappa shape index (κ2) is 9.10. The smallest absolute Gasteiger partial charge is 0.0508 e. The predicted octanol–water partition coefficient (Wildman–Crippen LogP) is 12.1.